The van der Waals surface area contributed by atoms with Crippen LogP contribution in [-0.2, 0) is 4.74 Å². The van der Waals surface area contributed by atoms with Gasteiger partial charge in [0.15, 0.2) is 5.60 Å². The zero-order valence-corrected chi connectivity index (χ0v) is 18.2. The predicted molar refractivity (Wildman–Crippen MR) is 123 cm³/mol. The number of ether oxygens (including phenoxy) is 1. The third-order valence-electron chi connectivity index (χ3n) is 5.93. The summed E-state index contributed by atoms with van der Waals surface area (Å²) < 4.78 is 6.22. The molecule has 32 heavy (non-hydrogen) atoms. The highest BCUT2D eigenvalue weighted by Crippen LogP contribution is 2.49. The third-order valence-corrected chi connectivity index (χ3v) is 5.93. The zero-order valence-electron chi connectivity index (χ0n) is 18.2. The van der Waals surface area contributed by atoms with Crippen LogP contribution in [0, 0.1) is 10.1 Å². The Kier molecular flexibility index (Phi) is 5.38. The Balaban J connectivity index is 1.78. The van der Waals surface area contributed by atoms with Crippen molar-refractivity contribution in [1.29, 1.82) is 0 Å². The molecule has 0 saturated heterocycles. The van der Waals surface area contributed by atoms with E-state index in [4.69, 9.17) is 9.73 Å². The molecule has 0 saturated carbocycles. The summed E-state index contributed by atoms with van der Waals surface area (Å²) in [5.74, 6) is -0.780. The Morgan fingerprint density at radius 2 is 1.47 bits per heavy atom. The Bertz CT molecular complexity index is 1170. The molecule has 0 aliphatic carbocycles. The first kappa shape index (κ1) is 21.4. The number of nitro groups is 1. The zero-order chi connectivity index (χ0) is 22.9. The summed E-state index contributed by atoms with van der Waals surface area (Å²) in [4.78, 5) is 28.7. The van der Waals surface area contributed by atoms with Gasteiger partial charge in [-0.2, -0.15) is 0 Å². The van der Waals surface area contributed by atoms with Crippen LogP contribution in [-0.4, -0.2) is 27.7 Å². The Hall–Kier alpha value is -3.80. The molecule has 0 fully saturated rings. The summed E-state index contributed by atoms with van der Waals surface area (Å²) in [6, 6.07) is 25.1. The second kappa shape index (κ2) is 8.04. The molecule has 3 aromatic carbocycles. The van der Waals surface area contributed by atoms with Gasteiger partial charge >= 0.3 is 5.97 Å². The lowest BCUT2D eigenvalue weighted by Gasteiger charge is -2.37. The van der Waals surface area contributed by atoms with Gasteiger partial charge in [-0.1, -0.05) is 60.7 Å². The fraction of sp³-hybridized carbons (Fsp3) is 0.231. The van der Waals surface area contributed by atoms with Gasteiger partial charge in [-0.25, -0.2) is 4.79 Å². The van der Waals surface area contributed by atoms with E-state index in [2.05, 4.69) is 0 Å². The smallest absolute Gasteiger partial charge is 0.339 e. The first-order valence-corrected chi connectivity index (χ1v) is 10.4. The molecule has 1 aliphatic heterocycles. The van der Waals surface area contributed by atoms with Crippen molar-refractivity contribution in [2.24, 2.45) is 4.99 Å². The number of nitrogens with zero attached hydrogens (tertiary/aromatic N) is 2. The minimum Gasteiger partial charge on any atom is -0.448 e. The van der Waals surface area contributed by atoms with Crippen LogP contribution in [0.25, 0.3) is 0 Å². The standard InChI is InChI=1S/C26H24N2O4/c1-25(2)22(18-10-6-4-7-11-18)26(3,23(27-25)19-12-8-5-9-13-19)32-24(29)20-14-16-21(17-15-20)28(30)31/h4-17,22H,1-3H3/t22-,26-/m1/s1. The number of hydrogen-bond donors (Lipinski definition) is 0. The van der Waals surface area contributed by atoms with Gasteiger partial charge in [-0.05, 0) is 44.0 Å². The normalized spacial score (nSPS) is 21.6. The molecule has 6 heteroatoms. The van der Waals surface area contributed by atoms with Crippen LogP contribution in [0.2, 0.25) is 0 Å². The molecule has 2 atom stereocenters. The molecule has 1 aliphatic rings. The number of hydrogen-bond acceptors (Lipinski definition) is 5. The number of carbonyl (C=O) groups is 1. The monoisotopic (exact) mass is 428 g/mol. The highest BCUT2D eigenvalue weighted by atomic mass is 16.6. The molecule has 162 valence electrons. The van der Waals surface area contributed by atoms with E-state index in [1.165, 1.54) is 24.3 Å². The van der Waals surface area contributed by atoms with Gasteiger partial charge in [0.05, 0.1) is 27.7 Å². The molecule has 0 aromatic heterocycles. The summed E-state index contributed by atoms with van der Waals surface area (Å²) in [5, 5.41) is 11.0. The number of non-ortho nitro benzene ring substituents is 1. The molecule has 0 spiro atoms. The summed E-state index contributed by atoms with van der Waals surface area (Å²) in [5.41, 5.74) is 1.20. The topological polar surface area (TPSA) is 81.8 Å². The fourth-order valence-electron chi connectivity index (χ4n) is 4.67. The molecule has 0 amide bonds. The number of aliphatic imine (C=N–C) groups is 1. The first-order valence-electron chi connectivity index (χ1n) is 10.4. The molecular formula is C26H24N2O4. The van der Waals surface area contributed by atoms with Crippen molar-refractivity contribution in [2.75, 3.05) is 0 Å². The third kappa shape index (κ3) is 3.80. The predicted octanol–water partition coefficient (Wildman–Crippen LogP) is 5.58. The van der Waals surface area contributed by atoms with Crippen LogP contribution >= 0.6 is 0 Å². The highest BCUT2D eigenvalue weighted by molar-refractivity contribution is 6.10. The van der Waals surface area contributed by atoms with Crippen LogP contribution in [0.3, 0.4) is 0 Å². The van der Waals surface area contributed by atoms with Crippen LogP contribution in [0.4, 0.5) is 5.69 Å². The molecule has 0 radical (unpaired) electrons. The SMILES string of the molecule is CC1(C)N=C(c2ccccc2)[C@](C)(OC(=O)c2ccc([N+](=O)[O-])cc2)[C@@H]1c1ccccc1. The fourth-order valence-corrected chi connectivity index (χ4v) is 4.67. The van der Waals surface area contributed by atoms with E-state index in [1.54, 1.807) is 0 Å². The summed E-state index contributed by atoms with van der Waals surface area (Å²) in [6.45, 7) is 5.98. The average Bonchev–Trinajstić information content (AvgIpc) is 3.00. The van der Waals surface area contributed by atoms with Gasteiger partial charge in [0.2, 0.25) is 0 Å². The lowest BCUT2D eigenvalue weighted by atomic mass is 9.72. The number of carbonyl (C=O) groups excluding carboxylic acids is 1. The molecule has 0 N–H and O–H groups in total. The van der Waals surface area contributed by atoms with Crippen molar-refractivity contribution in [3.8, 4) is 0 Å². The lowest BCUT2D eigenvalue weighted by Crippen LogP contribution is -2.46. The van der Waals surface area contributed by atoms with Crippen LogP contribution < -0.4 is 0 Å². The van der Waals surface area contributed by atoms with Crippen LogP contribution in [0.15, 0.2) is 89.9 Å². The average molecular weight is 428 g/mol. The highest BCUT2D eigenvalue weighted by Gasteiger charge is 2.56. The molecular weight excluding hydrogens is 404 g/mol. The van der Waals surface area contributed by atoms with Gasteiger partial charge in [0.25, 0.3) is 5.69 Å². The van der Waals surface area contributed by atoms with Crippen LogP contribution in [0.5, 0.6) is 0 Å². The number of esters is 1. The van der Waals surface area contributed by atoms with E-state index < -0.39 is 22.0 Å². The van der Waals surface area contributed by atoms with E-state index in [0.29, 0.717) is 5.71 Å². The molecule has 3 aromatic rings. The van der Waals surface area contributed by atoms with Crippen molar-refractivity contribution < 1.29 is 14.5 Å². The Morgan fingerprint density at radius 3 is 2.03 bits per heavy atom. The number of benzene rings is 3. The maximum absolute atomic E-state index is 13.2. The van der Waals surface area contributed by atoms with Crippen molar-refractivity contribution in [3.05, 3.63) is 112 Å². The van der Waals surface area contributed by atoms with Gasteiger partial charge in [-0.15, -0.1) is 0 Å². The van der Waals surface area contributed by atoms with Crippen molar-refractivity contribution in [1.82, 2.24) is 0 Å². The van der Waals surface area contributed by atoms with E-state index in [0.717, 1.165) is 11.1 Å². The van der Waals surface area contributed by atoms with Gasteiger partial charge < -0.3 is 4.74 Å². The molecule has 1 heterocycles. The maximum atomic E-state index is 13.2. The van der Waals surface area contributed by atoms with Gasteiger partial charge in [0, 0.05) is 12.1 Å². The number of rotatable bonds is 5. The van der Waals surface area contributed by atoms with E-state index in [1.807, 2.05) is 81.4 Å². The molecule has 6 nitrogen and oxygen atoms in total. The maximum Gasteiger partial charge on any atom is 0.339 e. The minimum atomic E-state index is -1.05. The quantitative estimate of drug-likeness (QED) is 0.302. The van der Waals surface area contributed by atoms with Crippen molar-refractivity contribution in [3.63, 3.8) is 0 Å². The lowest BCUT2D eigenvalue weighted by molar-refractivity contribution is -0.384. The summed E-state index contributed by atoms with van der Waals surface area (Å²) >= 11 is 0. The molecule has 0 unspecified atom stereocenters. The second-order valence-electron chi connectivity index (χ2n) is 8.62. The van der Waals surface area contributed by atoms with Crippen molar-refractivity contribution in [2.45, 2.75) is 37.8 Å². The number of nitro benzene ring substituents is 1. The van der Waals surface area contributed by atoms with E-state index >= 15 is 0 Å². The summed E-state index contributed by atoms with van der Waals surface area (Å²) in [6.07, 6.45) is 0. The summed E-state index contributed by atoms with van der Waals surface area (Å²) in [7, 11) is 0. The molecule has 0 bridgehead atoms. The Labute approximate surface area is 186 Å². The van der Waals surface area contributed by atoms with E-state index in [-0.39, 0.29) is 17.2 Å². The van der Waals surface area contributed by atoms with Crippen LogP contribution in [0.1, 0.15) is 48.2 Å². The van der Waals surface area contributed by atoms with Gasteiger partial charge in [0.1, 0.15) is 0 Å². The van der Waals surface area contributed by atoms with Crippen molar-refractivity contribution >= 4 is 17.4 Å². The Morgan fingerprint density at radius 1 is 0.906 bits per heavy atom. The molecule has 4 rings (SSSR count). The second-order valence-corrected chi connectivity index (χ2v) is 8.62. The first-order chi connectivity index (χ1) is 15.2. The largest absolute Gasteiger partial charge is 0.448 e. The van der Waals surface area contributed by atoms with Gasteiger partial charge in [-0.3, -0.25) is 15.1 Å². The van der Waals surface area contributed by atoms with E-state index in [9.17, 15) is 14.9 Å². The minimum absolute atomic E-state index is 0.0801.